The van der Waals surface area contributed by atoms with Crippen LogP contribution < -0.4 is 5.32 Å². The highest BCUT2D eigenvalue weighted by molar-refractivity contribution is 5.94. The van der Waals surface area contributed by atoms with Gasteiger partial charge in [-0.2, -0.15) is 5.10 Å². The van der Waals surface area contributed by atoms with Crippen molar-refractivity contribution < 1.29 is 4.79 Å². The van der Waals surface area contributed by atoms with Crippen molar-refractivity contribution in [2.75, 3.05) is 19.6 Å². The molecule has 1 saturated heterocycles. The molecule has 0 aromatic carbocycles. The Bertz CT molecular complexity index is 808. The van der Waals surface area contributed by atoms with Crippen molar-refractivity contribution in [3.63, 3.8) is 0 Å². The molecule has 3 heterocycles. The van der Waals surface area contributed by atoms with Crippen molar-refractivity contribution >= 4 is 5.91 Å². The van der Waals surface area contributed by atoms with Gasteiger partial charge in [0.15, 0.2) is 5.69 Å². The molecular formula is C23H33N5O. The van der Waals surface area contributed by atoms with Gasteiger partial charge < -0.3 is 10.2 Å². The average molecular weight is 396 g/mol. The van der Waals surface area contributed by atoms with Crippen molar-refractivity contribution in [3.05, 3.63) is 47.0 Å². The number of amides is 1. The minimum absolute atomic E-state index is 0.141. The van der Waals surface area contributed by atoms with Gasteiger partial charge >= 0.3 is 0 Å². The maximum Gasteiger partial charge on any atom is 0.274 e. The van der Waals surface area contributed by atoms with Gasteiger partial charge in [0.25, 0.3) is 5.91 Å². The van der Waals surface area contributed by atoms with E-state index in [0.29, 0.717) is 11.7 Å². The summed E-state index contributed by atoms with van der Waals surface area (Å²) in [5.74, 6) is 0.141. The fraction of sp³-hybridized carbons (Fsp3) is 0.609. The summed E-state index contributed by atoms with van der Waals surface area (Å²) in [5.41, 5.74) is 4.47. The Balaban J connectivity index is 1.36. The topological polar surface area (TPSA) is 63.1 Å². The molecule has 0 spiro atoms. The number of nitrogens with one attached hydrogen (secondary N) is 1. The van der Waals surface area contributed by atoms with Gasteiger partial charge in [-0.05, 0) is 69.2 Å². The highest BCUT2D eigenvalue weighted by atomic mass is 16.2. The first kappa shape index (κ1) is 20.1. The summed E-state index contributed by atoms with van der Waals surface area (Å²) >= 11 is 0. The molecule has 4 rings (SSSR count). The van der Waals surface area contributed by atoms with E-state index < -0.39 is 0 Å². The van der Waals surface area contributed by atoms with Crippen LogP contribution in [0.15, 0.2) is 24.5 Å². The zero-order valence-electron chi connectivity index (χ0n) is 17.6. The molecule has 156 valence electrons. The molecule has 1 aliphatic carbocycles. The average Bonchev–Trinajstić information content (AvgIpc) is 2.92. The number of carbonyl (C=O) groups is 1. The van der Waals surface area contributed by atoms with Gasteiger partial charge in [-0.25, -0.2) is 0 Å². The lowest BCUT2D eigenvalue weighted by atomic mass is 9.91. The minimum Gasteiger partial charge on any atom is -0.337 e. The lowest BCUT2D eigenvalue weighted by Crippen LogP contribution is -2.37. The van der Waals surface area contributed by atoms with Crippen LogP contribution in [-0.2, 0) is 26.3 Å². The number of rotatable bonds is 6. The standard InChI is InChI=1S/C23H33N5O/c1-27-21-9-8-19(25-12-6-7-18-10-13-24-14-11-18)17-20(21)22(26-27)23(29)28-15-4-2-3-5-16-28/h10-11,13-14,19,25H,2-9,12,15-17H2,1H3. The summed E-state index contributed by atoms with van der Waals surface area (Å²) in [6.45, 7) is 2.75. The smallest absolute Gasteiger partial charge is 0.274 e. The Labute approximate surface area is 173 Å². The molecule has 29 heavy (non-hydrogen) atoms. The van der Waals surface area contributed by atoms with E-state index in [9.17, 15) is 4.79 Å². The third-order valence-electron chi connectivity index (χ3n) is 6.38. The second-order valence-corrected chi connectivity index (χ2v) is 8.46. The zero-order valence-corrected chi connectivity index (χ0v) is 17.6. The largest absolute Gasteiger partial charge is 0.337 e. The molecule has 1 atom stereocenters. The van der Waals surface area contributed by atoms with Gasteiger partial charge in [-0.15, -0.1) is 0 Å². The van der Waals surface area contributed by atoms with Crippen molar-refractivity contribution in [1.82, 2.24) is 25.0 Å². The van der Waals surface area contributed by atoms with Crippen LogP contribution in [0.1, 0.15) is 65.8 Å². The van der Waals surface area contributed by atoms with Crippen LogP contribution in [0.25, 0.3) is 0 Å². The fourth-order valence-electron chi connectivity index (χ4n) is 4.71. The van der Waals surface area contributed by atoms with E-state index in [1.165, 1.54) is 29.7 Å². The van der Waals surface area contributed by atoms with Gasteiger partial charge in [0.05, 0.1) is 0 Å². The third kappa shape index (κ3) is 4.86. The molecule has 1 N–H and O–H groups in total. The highest BCUT2D eigenvalue weighted by Gasteiger charge is 2.30. The predicted molar refractivity (Wildman–Crippen MR) is 114 cm³/mol. The van der Waals surface area contributed by atoms with Gasteiger partial charge in [-0.3, -0.25) is 14.5 Å². The number of nitrogens with zero attached hydrogens (tertiary/aromatic N) is 4. The maximum atomic E-state index is 13.2. The molecule has 1 aliphatic heterocycles. The van der Waals surface area contributed by atoms with E-state index in [-0.39, 0.29) is 5.91 Å². The Morgan fingerprint density at radius 2 is 1.93 bits per heavy atom. The molecule has 1 fully saturated rings. The number of hydrogen-bond donors (Lipinski definition) is 1. The fourth-order valence-corrected chi connectivity index (χ4v) is 4.71. The molecule has 2 aromatic rings. The highest BCUT2D eigenvalue weighted by Crippen LogP contribution is 2.26. The van der Waals surface area contributed by atoms with E-state index >= 15 is 0 Å². The second kappa shape index (κ2) is 9.53. The van der Waals surface area contributed by atoms with Crippen LogP contribution in [0.2, 0.25) is 0 Å². The minimum atomic E-state index is 0.141. The number of carbonyl (C=O) groups excluding carboxylic acids is 1. The number of likely N-dealkylation sites (tertiary alicyclic amines) is 1. The van der Waals surface area contributed by atoms with Gasteiger partial charge in [-0.1, -0.05) is 12.8 Å². The van der Waals surface area contributed by atoms with Gasteiger partial charge in [0, 0.05) is 49.8 Å². The first-order valence-electron chi connectivity index (χ1n) is 11.2. The molecule has 2 aromatic heterocycles. The van der Waals surface area contributed by atoms with Crippen LogP contribution >= 0.6 is 0 Å². The molecule has 0 bridgehead atoms. The second-order valence-electron chi connectivity index (χ2n) is 8.46. The molecule has 1 amide bonds. The van der Waals surface area contributed by atoms with E-state index in [2.05, 4.69) is 27.5 Å². The zero-order chi connectivity index (χ0) is 20.1. The van der Waals surface area contributed by atoms with Crippen molar-refractivity contribution in [2.45, 2.75) is 63.8 Å². The molecular weight excluding hydrogens is 362 g/mol. The Hall–Kier alpha value is -2.21. The summed E-state index contributed by atoms with van der Waals surface area (Å²) in [7, 11) is 1.99. The van der Waals surface area contributed by atoms with Crippen LogP contribution in [0.5, 0.6) is 0 Å². The summed E-state index contributed by atoms with van der Waals surface area (Å²) < 4.78 is 1.94. The number of aryl methyl sites for hydroxylation is 2. The summed E-state index contributed by atoms with van der Waals surface area (Å²) in [6, 6.07) is 4.60. The summed E-state index contributed by atoms with van der Waals surface area (Å²) in [6.07, 6.45) is 13.6. The van der Waals surface area contributed by atoms with E-state index in [0.717, 1.165) is 64.6 Å². The summed E-state index contributed by atoms with van der Waals surface area (Å²) in [4.78, 5) is 19.3. The molecule has 1 unspecified atom stereocenters. The van der Waals surface area contributed by atoms with Crippen molar-refractivity contribution in [3.8, 4) is 0 Å². The number of fused-ring (bicyclic) bond motifs is 1. The Kier molecular flexibility index (Phi) is 6.60. The van der Waals surface area contributed by atoms with Crippen LogP contribution in [0, 0.1) is 0 Å². The molecule has 0 saturated carbocycles. The number of aromatic nitrogens is 3. The maximum absolute atomic E-state index is 13.2. The number of hydrogen-bond acceptors (Lipinski definition) is 4. The normalized spacial score (nSPS) is 19.6. The molecule has 0 radical (unpaired) electrons. The van der Waals surface area contributed by atoms with Crippen LogP contribution in [0.3, 0.4) is 0 Å². The lowest BCUT2D eigenvalue weighted by molar-refractivity contribution is 0.0753. The van der Waals surface area contributed by atoms with E-state index in [4.69, 9.17) is 0 Å². The first-order valence-corrected chi connectivity index (χ1v) is 11.2. The van der Waals surface area contributed by atoms with Crippen LogP contribution in [-0.4, -0.2) is 51.2 Å². The van der Waals surface area contributed by atoms with Crippen LogP contribution in [0.4, 0.5) is 0 Å². The van der Waals surface area contributed by atoms with Crippen molar-refractivity contribution in [2.24, 2.45) is 7.05 Å². The monoisotopic (exact) mass is 395 g/mol. The predicted octanol–water partition coefficient (Wildman–Crippen LogP) is 2.91. The Morgan fingerprint density at radius 1 is 1.17 bits per heavy atom. The third-order valence-corrected chi connectivity index (χ3v) is 6.38. The lowest BCUT2D eigenvalue weighted by Gasteiger charge is -2.25. The first-order chi connectivity index (χ1) is 14.2. The van der Waals surface area contributed by atoms with Gasteiger partial charge in [0.2, 0.25) is 0 Å². The Morgan fingerprint density at radius 3 is 2.69 bits per heavy atom. The number of pyridine rings is 1. The quantitative estimate of drug-likeness (QED) is 0.764. The molecule has 6 heteroatoms. The van der Waals surface area contributed by atoms with E-state index in [1.807, 2.05) is 29.0 Å². The van der Waals surface area contributed by atoms with Crippen molar-refractivity contribution in [1.29, 1.82) is 0 Å². The molecule has 6 nitrogen and oxygen atoms in total. The van der Waals surface area contributed by atoms with E-state index in [1.54, 1.807) is 0 Å². The summed E-state index contributed by atoms with van der Waals surface area (Å²) in [5, 5.41) is 8.38. The van der Waals surface area contributed by atoms with Gasteiger partial charge in [0.1, 0.15) is 0 Å². The molecule has 2 aliphatic rings. The SMILES string of the molecule is Cn1nc(C(=O)N2CCCCCC2)c2c1CCC(NCCCc1ccncc1)C2.